The molecule has 7 heteroatoms. The third kappa shape index (κ3) is 5.88. The van der Waals surface area contributed by atoms with Crippen molar-refractivity contribution < 1.29 is 14.3 Å². The normalized spacial score (nSPS) is 16.8. The molecule has 0 radical (unpaired) electrons. The lowest BCUT2D eigenvalue weighted by atomic mass is 10.1. The van der Waals surface area contributed by atoms with Gasteiger partial charge in [0.2, 0.25) is 11.8 Å². The molecule has 6 nitrogen and oxygen atoms in total. The van der Waals surface area contributed by atoms with Crippen molar-refractivity contribution in [3.05, 3.63) is 29.8 Å². The van der Waals surface area contributed by atoms with Gasteiger partial charge in [-0.15, -0.1) is 12.4 Å². The van der Waals surface area contributed by atoms with Gasteiger partial charge in [0.25, 0.3) is 0 Å². The molecule has 2 aliphatic rings. The maximum absolute atomic E-state index is 12.5. The van der Waals surface area contributed by atoms with Gasteiger partial charge in [0, 0.05) is 26.2 Å². The van der Waals surface area contributed by atoms with Crippen molar-refractivity contribution in [2.24, 2.45) is 5.92 Å². The molecule has 3 rings (SSSR count). The second-order valence-corrected chi connectivity index (χ2v) is 6.86. The summed E-state index contributed by atoms with van der Waals surface area (Å²) in [6.45, 7) is 3.81. The molecule has 1 heterocycles. The van der Waals surface area contributed by atoms with Crippen LogP contribution in [-0.2, 0) is 16.0 Å². The van der Waals surface area contributed by atoms with Crippen LogP contribution in [0.15, 0.2) is 24.3 Å². The molecule has 1 aromatic carbocycles. The zero-order chi connectivity index (χ0) is 17.6. The van der Waals surface area contributed by atoms with Crippen molar-refractivity contribution in [2.75, 3.05) is 46.4 Å². The van der Waals surface area contributed by atoms with Crippen molar-refractivity contribution in [2.45, 2.75) is 19.3 Å². The number of hydrogen-bond donors (Lipinski definition) is 1. The Kier molecular flexibility index (Phi) is 7.72. The van der Waals surface area contributed by atoms with E-state index in [4.69, 9.17) is 4.74 Å². The lowest BCUT2D eigenvalue weighted by Gasteiger charge is -2.35. The number of carbonyl (C=O) groups is 2. The third-order valence-electron chi connectivity index (χ3n) is 4.88. The molecule has 0 unspecified atom stereocenters. The zero-order valence-electron chi connectivity index (χ0n) is 15.3. The number of amides is 2. The monoisotopic (exact) mass is 381 g/mol. The lowest BCUT2D eigenvalue weighted by Crippen LogP contribution is -2.52. The number of ether oxygens (including phenoxy) is 1. The van der Waals surface area contributed by atoms with E-state index >= 15 is 0 Å². The van der Waals surface area contributed by atoms with E-state index < -0.39 is 0 Å². The van der Waals surface area contributed by atoms with Gasteiger partial charge in [-0.05, 0) is 43.0 Å². The number of rotatable bonds is 7. The predicted octanol–water partition coefficient (Wildman–Crippen LogP) is 1.33. The minimum atomic E-state index is 0. The smallest absolute Gasteiger partial charge is 0.236 e. The van der Waals surface area contributed by atoms with Gasteiger partial charge in [-0.2, -0.15) is 0 Å². The van der Waals surface area contributed by atoms with Gasteiger partial charge in [0.05, 0.1) is 20.1 Å². The topological polar surface area (TPSA) is 61.9 Å². The summed E-state index contributed by atoms with van der Waals surface area (Å²) >= 11 is 0. The quantitative estimate of drug-likeness (QED) is 0.774. The van der Waals surface area contributed by atoms with Gasteiger partial charge in [0.1, 0.15) is 5.75 Å². The minimum absolute atomic E-state index is 0. The highest BCUT2D eigenvalue weighted by Crippen LogP contribution is 2.27. The van der Waals surface area contributed by atoms with E-state index in [1.54, 1.807) is 7.11 Å². The number of nitrogens with zero attached hydrogens (tertiary/aromatic N) is 2. The van der Waals surface area contributed by atoms with Crippen LogP contribution in [0, 0.1) is 5.92 Å². The second-order valence-electron chi connectivity index (χ2n) is 6.86. The van der Waals surface area contributed by atoms with Crippen LogP contribution >= 0.6 is 12.4 Å². The highest BCUT2D eigenvalue weighted by atomic mass is 35.5. The van der Waals surface area contributed by atoms with Gasteiger partial charge < -0.3 is 19.9 Å². The maximum Gasteiger partial charge on any atom is 0.236 e. The summed E-state index contributed by atoms with van der Waals surface area (Å²) < 4.78 is 5.20. The predicted molar refractivity (Wildman–Crippen MR) is 103 cm³/mol. The van der Waals surface area contributed by atoms with Crippen molar-refractivity contribution in [1.29, 1.82) is 0 Å². The average Bonchev–Trinajstić information content (AvgIpc) is 3.46. The van der Waals surface area contributed by atoms with Gasteiger partial charge in [-0.3, -0.25) is 9.59 Å². The summed E-state index contributed by atoms with van der Waals surface area (Å²) in [6, 6.07) is 7.59. The van der Waals surface area contributed by atoms with E-state index in [0.29, 0.717) is 39.1 Å². The van der Waals surface area contributed by atoms with Crippen molar-refractivity contribution in [1.82, 2.24) is 15.1 Å². The van der Waals surface area contributed by atoms with E-state index in [0.717, 1.165) is 23.8 Å². The second kappa shape index (κ2) is 9.78. The van der Waals surface area contributed by atoms with Crippen LogP contribution in [0.25, 0.3) is 0 Å². The Bertz CT molecular complexity index is 614. The Morgan fingerprint density at radius 1 is 1.12 bits per heavy atom. The fraction of sp³-hybridized carbons (Fsp3) is 0.579. The number of halogens is 1. The summed E-state index contributed by atoms with van der Waals surface area (Å²) in [7, 11) is 1.62. The zero-order valence-corrected chi connectivity index (χ0v) is 16.1. The van der Waals surface area contributed by atoms with E-state index in [1.807, 2.05) is 34.1 Å². The number of nitrogens with one attached hydrogen (secondary N) is 1. The number of benzene rings is 1. The fourth-order valence-electron chi connectivity index (χ4n) is 3.09. The Hall–Kier alpha value is -1.79. The van der Waals surface area contributed by atoms with Crippen LogP contribution in [0.3, 0.4) is 0 Å². The molecule has 0 aromatic heterocycles. The molecular weight excluding hydrogens is 354 g/mol. The molecule has 0 bridgehead atoms. The molecule has 26 heavy (non-hydrogen) atoms. The Morgan fingerprint density at radius 2 is 1.77 bits per heavy atom. The molecule has 2 fully saturated rings. The molecule has 1 saturated carbocycles. The first-order chi connectivity index (χ1) is 12.2. The highest BCUT2D eigenvalue weighted by Gasteiger charge is 2.25. The minimum Gasteiger partial charge on any atom is -0.497 e. The molecule has 0 atom stereocenters. The van der Waals surface area contributed by atoms with Gasteiger partial charge in [0.15, 0.2) is 0 Å². The van der Waals surface area contributed by atoms with Crippen LogP contribution < -0.4 is 10.1 Å². The van der Waals surface area contributed by atoms with Crippen LogP contribution in [0.5, 0.6) is 5.75 Å². The fourth-order valence-corrected chi connectivity index (χ4v) is 3.09. The van der Waals surface area contributed by atoms with Gasteiger partial charge in [-0.1, -0.05) is 12.1 Å². The van der Waals surface area contributed by atoms with Crippen LogP contribution in [0.4, 0.5) is 0 Å². The first-order valence-electron chi connectivity index (χ1n) is 9.05. The molecule has 1 aliphatic carbocycles. The molecule has 2 amide bonds. The van der Waals surface area contributed by atoms with Gasteiger partial charge in [-0.25, -0.2) is 0 Å². The number of methoxy groups -OCH3 is 1. The highest BCUT2D eigenvalue weighted by molar-refractivity contribution is 5.85. The Morgan fingerprint density at radius 3 is 2.38 bits per heavy atom. The molecule has 1 N–H and O–H groups in total. The number of carbonyl (C=O) groups excluding carboxylic acids is 2. The maximum atomic E-state index is 12.5. The van der Waals surface area contributed by atoms with Gasteiger partial charge >= 0.3 is 0 Å². The number of hydrogen-bond acceptors (Lipinski definition) is 4. The summed E-state index contributed by atoms with van der Waals surface area (Å²) in [5, 5.41) is 3.24. The Balaban J connectivity index is 0.00000243. The van der Waals surface area contributed by atoms with E-state index in [1.165, 1.54) is 12.8 Å². The molecule has 0 spiro atoms. The first kappa shape index (κ1) is 20.5. The molecule has 1 aliphatic heterocycles. The largest absolute Gasteiger partial charge is 0.497 e. The standard InChI is InChI=1S/C19H27N3O3.ClH/c1-25-17-4-2-3-16(11-17)12-18(23)21-7-9-22(10-8-21)19(24)14-20-13-15-5-6-15;/h2-4,11,15,20H,5-10,12-14H2,1H3;1H. The molecular formula is C19H28ClN3O3. The van der Waals surface area contributed by atoms with E-state index in [2.05, 4.69) is 5.32 Å². The summed E-state index contributed by atoms with van der Waals surface area (Å²) in [4.78, 5) is 28.4. The van der Waals surface area contributed by atoms with Crippen molar-refractivity contribution >= 4 is 24.2 Å². The number of piperazine rings is 1. The van der Waals surface area contributed by atoms with Crippen LogP contribution in [0.1, 0.15) is 18.4 Å². The molecule has 1 saturated heterocycles. The molecule has 1 aromatic rings. The summed E-state index contributed by atoms with van der Waals surface area (Å²) in [5.74, 6) is 1.78. The summed E-state index contributed by atoms with van der Waals surface area (Å²) in [5.41, 5.74) is 0.951. The van der Waals surface area contributed by atoms with Crippen molar-refractivity contribution in [3.63, 3.8) is 0 Å². The Labute approximate surface area is 161 Å². The van der Waals surface area contributed by atoms with Crippen molar-refractivity contribution in [3.8, 4) is 5.75 Å². The lowest BCUT2D eigenvalue weighted by molar-refractivity contribution is -0.138. The SMILES string of the molecule is COc1cccc(CC(=O)N2CCN(C(=O)CNCC3CC3)CC2)c1.Cl. The summed E-state index contributed by atoms with van der Waals surface area (Å²) in [6.07, 6.45) is 2.94. The first-order valence-corrected chi connectivity index (χ1v) is 9.05. The van der Waals surface area contributed by atoms with E-state index in [9.17, 15) is 9.59 Å². The van der Waals surface area contributed by atoms with Crippen LogP contribution in [0.2, 0.25) is 0 Å². The third-order valence-corrected chi connectivity index (χ3v) is 4.88. The van der Waals surface area contributed by atoms with Crippen LogP contribution in [-0.4, -0.2) is 68.0 Å². The average molecular weight is 382 g/mol. The van der Waals surface area contributed by atoms with E-state index in [-0.39, 0.29) is 24.2 Å². The molecule has 144 valence electrons.